The van der Waals surface area contributed by atoms with Crippen LogP contribution >= 0.6 is 0 Å². The molecule has 0 spiro atoms. The minimum Gasteiger partial charge on any atom is -0.311 e. The second-order valence-corrected chi connectivity index (χ2v) is 5.79. The summed E-state index contributed by atoms with van der Waals surface area (Å²) in [4.78, 5) is 0. The molecule has 1 nitrogen and oxygen atoms in total. The summed E-state index contributed by atoms with van der Waals surface area (Å²) >= 11 is 0. The fourth-order valence-corrected chi connectivity index (χ4v) is 2.98. The maximum Gasteiger partial charge on any atom is 0.00978 e. The Morgan fingerprint density at radius 1 is 1.19 bits per heavy atom. The Balaban J connectivity index is 2.37. The molecule has 1 rings (SSSR count). The van der Waals surface area contributed by atoms with Crippen molar-refractivity contribution in [2.45, 2.75) is 84.7 Å². The van der Waals surface area contributed by atoms with Gasteiger partial charge in [-0.2, -0.15) is 0 Å². The predicted molar refractivity (Wildman–Crippen MR) is 72.7 cm³/mol. The third-order valence-electron chi connectivity index (χ3n) is 4.56. The van der Waals surface area contributed by atoms with Crippen LogP contribution in [0.3, 0.4) is 0 Å². The molecule has 4 unspecified atom stereocenters. The van der Waals surface area contributed by atoms with Gasteiger partial charge >= 0.3 is 0 Å². The van der Waals surface area contributed by atoms with Gasteiger partial charge < -0.3 is 5.32 Å². The van der Waals surface area contributed by atoms with E-state index < -0.39 is 0 Å². The van der Waals surface area contributed by atoms with E-state index in [0.29, 0.717) is 0 Å². The van der Waals surface area contributed by atoms with E-state index in [4.69, 9.17) is 0 Å². The molecule has 0 heterocycles. The third-order valence-corrected chi connectivity index (χ3v) is 4.56. The summed E-state index contributed by atoms with van der Waals surface area (Å²) in [6.45, 7) is 9.47. The summed E-state index contributed by atoms with van der Waals surface area (Å²) in [5, 5.41) is 3.92. The largest absolute Gasteiger partial charge is 0.311 e. The van der Waals surface area contributed by atoms with Crippen molar-refractivity contribution < 1.29 is 0 Å². The standard InChI is InChI=1S/C15H31N/c1-5-7-10-14(6-2)16-15-11-8-9-12(3)13(15)4/h12-16H,5-11H2,1-4H3. The maximum atomic E-state index is 3.92. The van der Waals surface area contributed by atoms with Crippen LogP contribution < -0.4 is 5.32 Å². The van der Waals surface area contributed by atoms with E-state index in [2.05, 4.69) is 33.0 Å². The Hall–Kier alpha value is -0.0400. The molecule has 96 valence electrons. The molecule has 1 aliphatic carbocycles. The summed E-state index contributed by atoms with van der Waals surface area (Å²) in [6, 6.07) is 1.54. The lowest BCUT2D eigenvalue weighted by molar-refractivity contribution is 0.189. The SMILES string of the molecule is CCCCC(CC)NC1CCCC(C)C1C. The van der Waals surface area contributed by atoms with E-state index in [0.717, 1.165) is 23.9 Å². The Labute approximate surface area is 102 Å². The monoisotopic (exact) mass is 225 g/mol. The van der Waals surface area contributed by atoms with Crippen LogP contribution in [0.5, 0.6) is 0 Å². The normalized spacial score (nSPS) is 32.6. The molecule has 0 saturated heterocycles. The van der Waals surface area contributed by atoms with Crippen LogP contribution in [-0.2, 0) is 0 Å². The molecule has 1 fully saturated rings. The van der Waals surface area contributed by atoms with Gasteiger partial charge in [0.2, 0.25) is 0 Å². The molecule has 0 amide bonds. The van der Waals surface area contributed by atoms with E-state index in [1.807, 2.05) is 0 Å². The Morgan fingerprint density at radius 2 is 1.94 bits per heavy atom. The first-order valence-corrected chi connectivity index (χ1v) is 7.45. The van der Waals surface area contributed by atoms with Crippen LogP contribution in [0.2, 0.25) is 0 Å². The van der Waals surface area contributed by atoms with Crippen molar-refractivity contribution in [2.24, 2.45) is 11.8 Å². The molecular weight excluding hydrogens is 194 g/mol. The Kier molecular flexibility index (Phi) is 6.41. The molecular formula is C15H31N. The highest BCUT2D eigenvalue weighted by atomic mass is 15.0. The maximum absolute atomic E-state index is 3.92. The van der Waals surface area contributed by atoms with Gasteiger partial charge in [-0.3, -0.25) is 0 Å². The topological polar surface area (TPSA) is 12.0 Å². The zero-order chi connectivity index (χ0) is 12.0. The molecule has 1 saturated carbocycles. The molecule has 1 aliphatic rings. The van der Waals surface area contributed by atoms with Crippen LogP contribution in [0.15, 0.2) is 0 Å². The van der Waals surface area contributed by atoms with Crippen molar-refractivity contribution in [3.63, 3.8) is 0 Å². The molecule has 0 bridgehead atoms. The van der Waals surface area contributed by atoms with E-state index in [-0.39, 0.29) is 0 Å². The lowest BCUT2D eigenvalue weighted by Gasteiger charge is -2.37. The molecule has 0 aliphatic heterocycles. The number of rotatable bonds is 6. The van der Waals surface area contributed by atoms with Crippen LogP contribution in [0.25, 0.3) is 0 Å². The van der Waals surface area contributed by atoms with Crippen molar-refractivity contribution in [2.75, 3.05) is 0 Å². The predicted octanol–water partition coefficient (Wildman–Crippen LogP) is 4.37. The van der Waals surface area contributed by atoms with Gasteiger partial charge in [-0.15, -0.1) is 0 Å². The van der Waals surface area contributed by atoms with Crippen LogP contribution in [0, 0.1) is 11.8 Å². The van der Waals surface area contributed by atoms with Crippen LogP contribution in [0.4, 0.5) is 0 Å². The van der Waals surface area contributed by atoms with Gasteiger partial charge in [0.05, 0.1) is 0 Å². The van der Waals surface area contributed by atoms with E-state index in [1.54, 1.807) is 0 Å². The Morgan fingerprint density at radius 3 is 2.56 bits per heavy atom. The Bertz CT molecular complexity index is 178. The van der Waals surface area contributed by atoms with Gasteiger partial charge in [-0.1, -0.05) is 53.4 Å². The average molecular weight is 225 g/mol. The fourth-order valence-electron chi connectivity index (χ4n) is 2.98. The number of hydrogen-bond donors (Lipinski definition) is 1. The van der Waals surface area contributed by atoms with Crippen molar-refractivity contribution in [1.82, 2.24) is 5.32 Å². The zero-order valence-electron chi connectivity index (χ0n) is 11.8. The second kappa shape index (κ2) is 7.32. The highest BCUT2D eigenvalue weighted by Gasteiger charge is 2.27. The second-order valence-electron chi connectivity index (χ2n) is 5.79. The first kappa shape index (κ1) is 14.0. The highest BCUT2D eigenvalue weighted by Crippen LogP contribution is 2.30. The summed E-state index contributed by atoms with van der Waals surface area (Å²) < 4.78 is 0. The van der Waals surface area contributed by atoms with Gasteiger partial charge in [0.15, 0.2) is 0 Å². The lowest BCUT2D eigenvalue weighted by Crippen LogP contribution is -2.45. The van der Waals surface area contributed by atoms with E-state index >= 15 is 0 Å². The molecule has 0 radical (unpaired) electrons. The first-order chi connectivity index (χ1) is 7.69. The highest BCUT2D eigenvalue weighted by molar-refractivity contribution is 4.84. The van der Waals surface area contributed by atoms with Crippen molar-refractivity contribution in [1.29, 1.82) is 0 Å². The molecule has 0 aromatic carbocycles. The van der Waals surface area contributed by atoms with Crippen molar-refractivity contribution >= 4 is 0 Å². The lowest BCUT2D eigenvalue weighted by atomic mass is 9.77. The number of nitrogens with one attached hydrogen (secondary N) is 1. The van der Waals surface area contributed by atoms with Gasteiger partial charge in [-0.25, -0.2) is 0 Å². The molecule has 0 aromatic heterocycles. The third kappa shape index (κ3) is 4.08. The van der Waals surface area contributed by atoms with Crippen LogP contribution in [-0.4, -0.2) is 12.1 Å². The minimum absolute atomic E-state index is 0.762. The average Bonchev–Trinajstić information content (AvgIpc) is 2.30. The summed E-state index contributed by atoms with van der Waals surface area (Å²) in [6.07, 6.45) is 9.62. The molecule has 16 heavy (non-hydrogen) atoms. The minimum atomic E-state index is 0.762. The smallest absolute Gasteiger partial charge is 0.00978 e. The first-order valence-electron chi connectivity index (χ1n) is 7.45. The van der Waals surface area contributed by atoms with Gasteiger partial charge in [0, 0.05) is 12.1 Å². The molecule has 4 atom stereocenters. The summed E-state index contributed by atoms with van der Waals surface area (Å²) in [7, 11) is 0. The zero-order valence-corrected chi connectivity index (χ0v) is 11.8. The molecule has 1 heteroatoms. The van der Waals surface area contributed by atoms with Gasteiger partial charge in [0.25, 0.3) is 0 Å². The van der Waals surface area contributed by atoms with Gasteiger partial charge in [-0.05, 0) is 31.1 Å². The molecule has 0 aromatic rings. The quantitative estimate of drug-likeness (QED) is 0.708. The van der Waals surface area contributed by atoms with E-state index in [1.165, 1.54) is 44.9 Å². The fraction of sp³-hybridized carbons (Fsp3) is 1.00. The summed E-state index contributed by atoms with van der Waals surface area (Å²) in [5.41, 5.74) is 0. The van der Waals surface area contributed by atoms with Crippen LogP contribution in [0.1, 0.15) is 72.6 Å². The van der Waals surface area contributed by atoms with Crippen molar-refractivity contribution in [3.05, 3.63) is 0 Å². The summed E-state index contributed by atoms with van der Waals surface area (Å²) in [5.74, 6) is 1.78. The van der Waals surface area contributed by atoms with Gasteiger partial charge in [0.1, 0.15) is 0 Å². The van der Waals surface area contributed by atoms with Crippen molar-refractivity contribution in [3.8, 4) is 0 Å². The molecule has 1 N–H and O–H groups in total. The number of hydrogen-bond acceptors (Lipinski definition) is 1. The van der Waals surface area contributed by atoms with E-state index in [9.17, 15) is 0 Å². The number of unbranched alkanes of at least 4 members (excludes halogenated alkanes) is 1.